The van der Waals surface area contributed by atoms with Gasteiger partial charge in [-0.1, -0.05) is 47.6 Å². The Morgan fingerprint density at radius 2 is 1.50 bits per heavy atom. The molecule has 3 aromatic rings. The highest BCUT2D eigenvalue weighted by Gasteiger charge is 2.30. The third-order valence-corrected chi connectivity index (χ3v) is 3.46. The summed E-state index contributed by atoms with van der Waals surface area (Å²) in [7, 11) is 0. The molecule has 2 aromatic carbocycles. The first-order chi connectivity index (χ1) is 10.5. The number of hydrogen-bond donors (Lipinski definition) is 0. The molecule has 0 aliphatic heterocycles. The maximum absolute atomic E-state index is 12.6. The van der Waals surface area contributed by atoms with E-state index < -0.39 is 11.7 Å². The van der Waals surface area contributed by atoms with Crippen molar-refractivity contribution in [1.82, 2.24) is 5.16 Å². The molecule has 2 nitrogen and oxygen atoms in total. The fourth-order valence-corrected chi connectivity index (χ4v) is 2.37. The fourth-order valence-electron chi connectivity index (χ4n) is 2.14. The molecule has 0 fully saturated rings. The first-order valence-corrected chi connectivity index (χ1v) is 6.73. The summed E-state index contributed by atoms with van der Waals surface area (Å²) >= 11 is 6.02. The zero-order chi connectivity index (χ0) is 15.7. The summed E-state index contributed by atoms with van der Waals surface area (Å²) in [4.78, 5) is 0. The van der Waals surface area contributed by atoms with Gasteiger partial charge in [-0.3, -0.25) is 0 Å². The summed E-state index contributed by atoms with van der Waals surface area (Å²) in [6, 6.07) is 13.9. The van der Waals surface area contributed by atoms with Gasteiger partial charge < -0.3 is 4.52 Å². The highest BCUT2D eigenvalue weighted by molar-refractivity contribution is 6.32. The molecule has 1 heterocycles. The second kappa shape index (κ2) is 5.50. The normalized spacial score (nSPS) is 11.6. The van der Waals surface area contributed by atoms with Crippen LogP contribution in [0.4, 0.5) is 13.2 Å². The second-order valence-corrected chi connectivity index (χ2v) is 4.96. The summed E-state index contributed by atoms with van der Waals surface area (Å²) < 4.78 is 42.8. The quantitative estimate of drug-likeness (QED) is 0.606. The van der Waals surface area contributed by atoms with Crippen LogP contribution in [-0.4, -0.2) is 5.16 Å². The second-order valence-electron chi connectivity index (χ2n) is 4.62. The molecule has 6 heteroatoms. The molecule has 0 saturated carbocycles. The molecule has 0 N–H and O–H groups in total. The van der Waals surface area contributed by atoms with Crippen molar-refractivity contribution in [3.63, 3.8) is 0 Å². The Balaban J connectivity index is 2.07. The van der Waals surface area contributed by atoms with Gasteiger partial charge >= 0.3 is 6.18 Å². The van der Waals surface area contributed by atoms with Crippen LogP contribution in [0.15, 0.2) is 59.1 Å². The van der Waals surface area contributed by atoms with Crippen LogP contribution in [0.3, 0.4) is 0 Å². The molecular formula is C16H9ClF3NO. The Kier molecular flexibility index (Phi) is 3.66. The zero-order valence-electron chi connectivity index (χ0n) is 11.1. The minimum absolute atomic E-state index is 0.0982. The standard InChI is InChI=1S/C16H9ClF3NO/c17-15-13(10-4-2-1-3-5-10)14(21-22-15)11-6-8-12(9-7-11)16(18,19)20/h1-9H. The van der Waals surface area contributed by atoms with E-state index in [1.54, 1.807) is 0 Å². The number of rotatable bonds is 2. The van der Waals surface area contributed by atoms with Crippen LogP contribution in [0.25, 0.3) is 22.4 Å². The van der Waals surface area contributed by atoms with Crippen molar-refractivity contribution < 1.29 is 17.7 Å². The Hall–Kier alpha value is -2.27. The Morgan fingerprint density at radius 3 is 2.09 bits per heavy atom. The largest absolute Gasteiger partial charge is 0.416 e. The van der Waals surface area contributed by atoms with E-state index in [4.69, 9.17) is 16.1 Å². The van der Waals surface area contributed by atoms with Gasteiger partial charge in [-0.25, -0.2) is 0 Å². The smallest absolute Gasteiger partial charge is 0.343 e. The highest BCUT2D eigenvalue weighted by atomic mass is 35.5. The molecule has 22 heavy (non-hydrogen) atoms. The van der Waals surface area contributed by atoms with Gasteiger partial charge in [0.25, 0.3) is 0 Å². The molecule has 0 bridgehead atoms. The third kappa shape index (κ3) is 2.72. The lowest BCUT2D eigenvalue weighted by Gasteiger charge is -2.07. The molecule has 0 unspecified atom stereocenters. The van der Waals surface area contributed by atoms with E-state index in [0.717, 1.165) is 17.7 Å². The fraction of sp³-hybridized carbons (Fsp3) is 0.0625. The van der Waals surface area contributed by atoms with Crippen molar-refractivity contribution >= 4 is 11.6 Å². The summed E-state index contributed by atoms with van der Waals surface area (Å²) in [5.41, 5.74) is 1.53. The molecule has 112 valence electrons. The molecule has 3 rings (SSSR count). The van der Waals surface area contributed by atoms with Crippen LogP contribution in [-0.2, 0) is 6.18 Å². The van der Waals surface area contributed by atoms with Crippen molar-refractivity contribution in [2.75, 3.05) is 0 Å². The average Bonchev–Trinajstić information content (AvgIpc) is 2.89. The minimum Gasteiger partial charge on any atom is -0.343 e. The Labute approximate surface area is 129 Å². The van der Waals surface area contributed by atoms with Crippen LogP contribution in [0.1, 0.15) is 5.56 Å². The maximum Gasteiger partial charge on any atom is 0.416 e. The SMILES string of the molecule is FC(F)(F)c1ccc(-c2noc(Cl)c2-c2ccccc2)cc1. The minimum atomic E-state index is -4.37. The van der Waals surface area contributed by atoms with Gasteiger partial charge in [-0.15, -0.1) is 0 Å². The molecule has 0 saturated heterocycles. The van der Waals surface area contributed by atoms with E-state index in [1.807, 2.05) is 30.3 Å². The summed E-state index contributed by atoms with van der Waals surface area (Å²) in [6.07, 6.45) is -4.37. The third-order valence-electron chi connectivity index (χ3n) is 3.20. The molecule has 0 spiro atoms. The van der Waals surface area contributed by atoms with Gasteiger partial charge in [0.2, 0.25) is 5.22 Å². The van der Waals surface area contributed by atoms with E-state index in [-0.39, 0.29) is 5.22 Å². The van der Waals surface area contributed by atoms with E-state index in [9.17, 15) is 13.2 Å². The van der Waals surface area contributed by atoms with Gasteiger partial charge in [0.05, 0.1) is 11.1 Å². The van der Waals surface area contributed by atoms with Crippen LogP contribution in [0, 0.1) is 0 Å². The maximum atomic E-state index is 12.6. The van der Waals surface area contributed by atoms with Crippen molar-refractivity contribution in [1.29, 1.82) is 0 Å². The molecule has 1 aromatic heterocycles. The van der Waals surface area contributed by atoms with E-state index >= 15 is 0 Å². The van der Waals surface area contributed by atoms with Crippen molar-refractivity contribution in [2.45, 2.75) is 6.18 Å². The predicted octanol–water partition coefficient (Wildman–Crippen LogP) is 5.68. The number of hydrogen-bond acceptors (Lipinski definition) is 2. The average molecular weight is 324 g/mol. The Bertz CT molecular complexity index is 779. The lowest BCUT2D eigenvalue weighted by molar-refractivity contribution is -0.137. The first-order valence-electron chi connectivity index (χ1n) is 6.35. The van der Waals surface area contributed by atoms with Crippen LogP contribution in [0.2, 0.25) is 5.22 Å². The van der Waals surface area contributed by atoms with Crippen LogP contribution >= 0.6 is 11.6 Å². The number of benzene rings is 2. The van der Waals surface area contributed by atoms with Gasteiger partial charge in [0.15, 0.2) is 0 Å². The summed E-state index contributed by atoms with van der Waals surface area (Å²) in [6.45, 7) is 0. The van der Waals surface area contributed by atoms with Gasteiger partial charge in [0.1, 0.15) is 5.69 Å². The first kappa shape index (κ1) is 14.7. The zero-order valence-corrected chi connectivity index (χ0v) is 11.8. The monoisotopic (exact) mass is 323 g/mol. The predicted molar refractivity (Wildman–Crippen MR) is 77.4 cm³/mol. The number of nitrogens with zero attached hydrogens (tertiary/aromatic N) is 1. The van der Waals surface area contributed by atoms with Gasteiger partial charge in [0, 0.05) is 5.56 Å². The van der Waals surface area contributed by atoms with Crippen molar-refractivity contribution in [3.05, 3.63) is 65.4 Å². The summed E-state index contributed by atoms with van der Waals surface area (Å²) in [5.74, 6) is 0. The summed E-state index contributed by atoms with van der Waals surface area (Å²) in [5, 5.41) is 3.96. The van der Waals surface area contributed by atoms with Crippen LogP contribution in [0.5, 0.6) is 0 Å². The van der Waals surface area contributed by atoms with Crippen molar-refractivity contribution in [2.24, 2.45) is 0 Å². The molecule has 0 aliphatic carbocycles. The topological polar surface area (TPSA) is 26.0 Å². The highest BCUT2D eigenvalue weighted by Crippen LogP contribution is 2.38. The van der Waals surface area contributed by atoms with E-state index in [0.29, 0.717) is 16.8 Å². The van der Waals surface area contributed by atoms with E-state index in [1.165, 1.54) is 12.1 Å². The van der Waals surface area contributed by atoms with Gasteiger partial charge in [-0.05, 0) is 29.3 Å². The molecular weight excluding hydrogens is 315 g/mol. The molecule has 0 amide bonds. The van der Waals surface area contributed by atoms with Gasteiger partial charge in [-0.2, -0.15) is 13.2 Å². The molecule has 0 aliphatic rings. The van der Waals surface area contributed by atoms with Crippen molar-refractivity contribution in [3.8, 4) is 22.4 Å². The van der Waals surface area contributed by atoms with Crippen LogP contribution < -0.4 is 0 Å². The lowest BCUT2D eigenvalue weighted by atomic mass is 10.0. The molecule has 0 radical (unpaired) electrons. The van der Waals surface area contributed by atoms with E-state index in [2.05, 4.69) is 5.16 Å². The lowest BCUT2D eigenvalue weighted by Crippen LogP contribution is -2.04. The Morgan fingerprint density at radius 1 is 0.864 bits per heavy atom. The molecule has 0 atom stereocenters. The number of aromatic nitrogens is 1. The number of halogens is 4. The number of alkyl halides is 3.